The van der Waals surface area contributed by atoms with Crippen LogP contribution in [0.4, 0.5) is 0 Å². The van der Waals surface area contributed by atoms with Crippen molar-refractivity contribution in [1.82, 2.24) is 10.9 Å². The lowest BCUT2D eigenvalue weighted by Gasteiger charge is -2.32. The van der Waals surface area contributed by atoms with Crippen LogP contribution >= 0.6 is 0 Å². The zero-order valence-corrected chi connectivity index (χ0v) is 25.4. The molecule has 4 aromatic carbocycles. The van der Waals surface area contributed by atoms with Gasteiger partial charge in [0.1, 0.15) is 5.75 Å². The van der Waals surface area contributed by atoms with Gasteiger partial charge >= 0.3 is 0 Å². The Balaban J connectivity index is 1.37. The number of hydrazine groups is 1. The minimum Gasteiger partial charge on any atom is -0.494 e. The zero-order chi connectivity index (χ0) is 31.8. The van der Waals surface area contributed by atoms with Crippen molar-refractivity contribution in [3.63, 3.8) is 0 Å². The van der Waals surface area contributed by atoms with Crippen LogP contribution in [0.15, 0.2) is 113 Å². The number of carbonyl (C=O) groups excluding carboxylic acids is 1. The van der Waals surface area contributed by atoms with E-state index >= 15 is 0 Å². The lowest BCUT2D eigenvalue weighted by Crippen LogP contribution is -2.56. The second-order valence-corrected chi connectivity index (χ2v) is 11.5. The predicted molar refractivity (Wildman–Crippen MR) is 175 cm³/mol. The summed E-state index contributed by atoms with van der Waals surface area (Å²) < 4.78 is 12.3. The van der Waals surface area contributed by atoms with E-state index in [-0.39, 0.29) is 31.5 Å². The van der Waals surface area contributed by atoms with Crippen molar-refractivity contribution in [3.05, 3.63) is 147 Å². The molecule has 6 rings (SSSR count). The first-order valence-electron chi connectivity index (χ1n) is 15.5. The lowest BCUT2D eigenvalue weighted by molar-refractivity contribution is -0.130. The number of amides is 1. The number of azide groups is 1. The van der Waals surface area contributed by atoms with Crippen molar-refractivity contribution in [2.45, 2.75) is 49.9 Å². The fourth-order valence-corrected chi connectivity index (χ4v) is 6.13. The van der Waals surface area contributed by atoms with Gasteiger partial charge in [0.15, 0.2) is 11.6 Å². The summed E-state index contributed by atoms with van der Waals surface area (Å²) in [5.74, 6) is 0.676. The summed E-state index contributed by atoms with van der Waals surface area (Å²) >= 11 is 0. The molecule has 0 spiro atoms. The van der Waals surface area contributed by atoms with Gasteiger partial charge in [-0.25, -0.2) is 10.4 Å². The smallest absolute Gasteiger partial charge is 0.266 e. The molecule has 4 aromatic rings. The molecular weight excluding hydrogens is 580 g/mol. The molecule has 0 unspecified atom stereocenters. The average molecular weight is 617 g/mol. The largest absolute Gasteiger partial charge is 0.494 e. The van der Waals surface area contributed by atoms with E-state index in [2.05, 4.69) is 33.0 Å². The Hall–Kier alpha value is -5.15. The van der Waals surface area contributed by atoms with Gasteiger partial charge in [0.05, 0.1) is 13.2 Å². The van der Waals surface area contributed by atoms with Gasteiger partial charge in [0.2, 0.25) is 5.90 Å². The maximum Gasteiger partial charge on any atom is 0.266 e. The molecule has 3 N–H and O–H groups in total. The molecule has 1 heterocycles. The van der Waals surface area contributed by atoms with Crippen molar-refractivity contribution in [2.24, 2.45) is 10.1 Å². The molecule has 46 heavy (non-hydrogen) atoms. The summed E-state index contributed by atoms with van der Waals surface area (Å²) in [4.78, 5) is 22.7. The predicted octanol–water partition coefficient (Wildman–Crippen LogP) is 5.55. The Morgan fingerprint density at radius 2 is 1.63 bits per heavy atom. The van der Waals surface area contributed by atoms with Gasteiger partial charge in [0, 0.05) is 36.0 Å². The van der Waals surface area contributed by atoms with Gasteiger partial charge in [-0.15, -0.1) is 0 Å². The topological polar surface area (TPSA) is 141 Å². The number of carbonyl (C=O) groups is 1. The number of rotatable bonds is 13. The van der Waals surface area contributed by atoms with Crippen molar-refractivity contribution in [2.75, 3.05) is 13.2 Å². The summed E-state index contributed by atoms with van der Waals surface area (Å²) in [6.45, 7) is 0.609. The Morgan fingerprint density at radius 1 is 0.957 bits per heavy atom. The summed E-state index contributed by atoms with van der Waals surface area (Å²) in [6.07, 6.45) is 1.60. The summed E-state index contributed by atoms with van der Waals surface area (Å²) in [5, 5.41) is 12.9. The normalized spacial score (nSPS) is 18.6. The molecule has 2 atom stereocenters. The number of aliphatic hydroxyl groups excluding tert-OH is 1. The number of benzene rings is 4. The highest BCUT2D eigenvalue weighted by Crippen LogP contribution is 2.43. The number of aliphatic imine (C=N–C) groups is 1. The highest BCUT2D eigenvalue weighted by molar-refractivity contribution is 6.01. The minimum absolute atomic E-state index is 0.0370. The third-order valence-corrected chi connectivity index (χ3v) is 8.46. The van der Waals surface area contributed by atoms with Gasteiger partial charge < -0.3 is 14.6 Å². The average Bonchev–Trinajstić information content (AvgIpc) is 3.70. The molecular formula is C36H36N6O4. The van der Waals surface area contributed by atoms with Crippen molar-refractivity contribution >= 4 is 11.8 Å². The SMILES string of the molecule is [N-]=[N+]=NCc1ccccc1C[C@]1(C(=O)NNC2Cc3ccccc3C2)N=C(c2ccc(OCCCO)cc2)O[C@H]1c1ccccc1. The third-order valence-electron chi connectivity index (χ3n) is 8.46. The van der Waals surface area contributed by atoms with E-state index in [0.29, 0.717) is 30.2 Å². The number of hydrogen-bond donors (Lipinski definition) is 3. The van der Waals surface area contributed by atoms with Crippen molar-refractivity contribution in [3.8, 4) is 5.75 Å². The number of hydrogen-bond acceptors (Lipinski definition) is 7. The number of nitrogens with zero attached hydrogens (tertiary/aromatic N) is 4. The molecule has 234 valence electrons. The molecule has 0 saturated heterocycles. The van der Waals surface area contributed by atoms with Crippen LogP contribution in [0.2, 0.25) is 0 Å². The molecule has 1 aliphatic carbocycles. The fourth-order valence-electron chi connectivity index (χ4n) is 6.13. The maximum atomic E-state index is 14.6. The van der Waals surface area contributed by atoms with Gasteiger partial charge in [-0.1, -0.05) is 84.0 Å². The molecule has 1 amide bonds. The Labute approximate surface area is 267 Å². The summed E-state index contributed by atoms with van der Waals surface area (Å²) in [5.41, 5.74) is 19.7. The Morgan fingerprint density at radius 3 is 2.33 bits per heavy atom. The Kier molecular flexibility index (Phi) is 9.59. The highest BCUT2D eigenvalue weighted by atomic mass is 16.5. The molecule has 10 heteroatoms. The maximum absolute atomic E-state index is 14.6. The first-order valence-corrected chi connectivity index (χ1v) is 15.5. The number of ether oxygens (including phenoxy) is 2. The number of aliphatic hydroxyl groups is 1. The first kappa shape index (κ1) is 30.9. The van der Waals surface area contributed by atoms with Gasteiger partial charge in [-0.3, -0.25) is 10.2 Å². The zero-order valence-electron chi connectivity index (χ0n) is 25.4. The summed E-state index contributed by atoms with van der Waals surface area (Å²) in [7, 11) is 0. The molecule has 0 bridgehead atoms. The van der Waals surface area contributed by atoms with Crippen LogP contribution in [0, 0.1) is 0 Å². The van der Waals surface area contributed by atoms with Crippen molar-refractivity contribution in [1.29, 1.82) is 0 Å². The molecule has 0 aromatic heterocycles. The number of fused-ring (bicyclic) bond motifs is 1. The van der Waals surface area contributed by atoms with E-state index in [1.807, 2.05) is 91.0 Å². The van der Waals surface area contributed by atoms with Crippen LogP contribution in [-0.4, -0.2) is 41.7 Å². The van der Waals surface area contributed by atoms with Crippen LogP contribution in [0.5, 0.6) is 5.75 Å². The first-order chi connectivity index (χ1) is 22.6. The second-order valence-electron chi connectivity index (χ2n) is 11.5. The molecule has 2 aliphatic rings. The van der Waals surface area contributed by atoms with E-state index in [1.54, 1.807) is 0 Å². The van der Waals surface area contributed by atoms with E-state index in [0.717, 1.165) is 29.5 Å². The number of nitrogens with one attached hydrogen (secondary N) is 2. The van der Waals surface area contributed by atoms with Crippen LogP contribution in [0.1, 0.15) is 45.9 Å². The molecule has 1 aliphatic heterocycles. The molecule has 0 fully saturated rings. The Bertz CT molecular complexity index is 1710. The lowest BCUT2D eigenvalue weighted by atomic mass is 9.81. The van der Waals surface area contributed by atoms with Gasteiger partial charge in [-0.2, -0.15) is 0 Å². The quantitative estimate of drug-likeness (QED) is 0.0594. The van der Waals surface area contributed by atoms with E-state index < -0.39 is 11.6 Å². The molecule has 10 nitrogen and oxygen atoms in total. The molecule has 0 radical (unpaired) electrons. The minimum atomic E-state index is -1.40. The van der Waals surface area contributed by atoms with Gasteiger partial charge in [-0.05, 0) is 70.5 Å². The molecule has 0 saturated carbocycles. The highest BCUT2D eigenvalue weighted by Gasteiger charge is 2.53. The third kappa shape index (κ3) is 6.74. The standard InChI is InChI=1S/C36H36N6O4/c37-42-38-24-30-14-7-6-13-29(30)23-36(35(44)41-40-31-21-27-11-4-5-12-28(27)22-31)33(25-9-2-1-3-10-25)46-34(39-36)26-15-17-32(18-16-26)45-20-8-19-43/h1-7,9-18,31,33,40,43H,8,19-24H2,(H,41,44)/t33-,36-/m0/s1. The van der Waals surface area contributed by atoms with Crippen LogP contribution in [0.3, 0.4) is 0 Å². The van der Waals surface area contributed by atoms with Crippen LogP contribution in [-0.2, 0) is 35.3 Å². The fraction of sp³-hybridized carbons (Fsp3) is 0.278. The van der Waals surface area contributed by atoms with Crippen LogP contribution in [0.25, 0.3) is 10.4 Å². The van der Waals surface area contributed by atoms with E-state index in [1.165, 1.54) is 11.1 Å². The van der Waals surface area contributed by atoms with Crippen LogP contribution < -0.4 is 15.6 Å². The van der Waals surface area contributed by atoms with E-state index in [9.17, 15) is 4.79 Å². The van der Waals surface area contributed by atoms with E-state index in [4.69, 9.17) is 25.1 Å². The monoisotopic (exact) mass is 616 g/mol. The second kappa shape index (κ2) is 14.3. The van der Waals surface area contributed by atoms with Gasteiger partial charge in [0.25, 0.3) is 5.91 Å². The summed E-state index contributed by atoms with van der Waals surface area (Å²) in [6, 6.07) is 33.0. The van der Waals surface area contributed by atoms with Crippen molar-refractivity contribution < 1.29 is 19.4 Å².